The van der Waals surface area contributed by atoms with Crippen LogP contribution in [0.2, 0.25) is 5.02 Å². The summed E-state index contributed by atoms with van der Waals surface area (Å²) < 4.78 is 13.4. The van der Waals surface area contributed by atoms with E-state index < -0.39 is 5.82 Å². The van der Waals surface area contributed by atoms with Gasteiger partial charge >= 0.3 is 0 Å². The van der Waals surface area contributed by atoms with Gasteiger partial charge in [-0.25, -0.2) is 4.39 Å². The Balaban J connectivity index is 1.84. The van der Waals surface area contributed by atoms with Crippen molar-refractivity contribution in [2.45, 2.75) is 24.9 Å². The zero-order chi connectivity index (χ0) is 12.7. The van der Waals surface area contributed by atoms with Crippen LogP contribution in [0, 0.1) is 5.82 Å². The van der Waals surface area contributed by atoms with Crippen LogP contribution in [0.5, 0.6) is 0 Å². The molecule has 0 bridgehead atoms. The summed E-state index contributed by atoms with van der Waals surface area (Å²) in [6.45, 7) is 0.876. The number of rotatable bonds is 2. The molecule has 18 heavy (non-hydrogen) atoms. The lowest BCUT2D eigenvalue weighted by Crippen LogP contribution is -2.50. The summed E-state index contributed by atoms with van der Waals surface area (Å²) in [5, 5.41) is 3.28. The summed E-state index contributed by atoms with van der Waals surface area (Å²) in [5.74, 6) is -0.285. The van der Waals surface area contributed by atoms with Gasteiger partial charge in [0.1, 0.15) is 5.82 Å². The van der Waals surface area contributed by atoms with Gasteiger partial charge in [-0.3, -0.25) is 10.1 Å². The van der Waals surface area contributed by atoms with Gasteiger partial charge < -0.3 is 4.90 Å². The summed E-state index contributed by atoms with van der Waals surface area (Å²) in [6, 6.07) is 5.11. The van der Waals surface area contributed by atoms with Gasteiger partial charge in [0.05, 0.1) is 17.6 Å². The molecule has 96 valence electrons. The van der Waals surface area contributed by atoms with Crippen LogP contribution in [0.4, 0.5) is 4.39 Å². The molecular formula is C13H14ClFN2O. The standard InChI is InChI=1S/C13H14ClFN2O/c14-13-9(2-1-3-10(13)15)11-7-17(8-4-5-8)12(18)6-16-11/h1-3,8,11,16H,4-7H2. The van der Waals surface area contributed by atoms with Crippen LogP contribution >= 0.6 is 11.6 Å². The minimum atomic E-state index is -0.411. The summed E-state index contributed by atoms with van der Waals surface area (Å²) in [4.78, 5) is 13.7. The first kappa shape index (κ1) is 11.9. The molecule has 1 heterocycles. The Kier molecular flexibility index (Phi) is 2.99. The van der Waals surface area contributed by atoms with Crippen molar-refractivity contribution in [3.8, 4) is 0 Å². The van der Waals surface area contributed by atoms with Crippen molar-refractivity contribution in [3.05, 3.63) is 34.6 Å². The lowest BCUT2D eigenvalue weighted by Gasteiger charge is -2.34. The molecule has 5 heteroatoms. The summed E-state index contributed by atoms with van der Waals surface area (Å²) >= 11 is 5.99. The third-order valence-corrected chi connectivity index (χ3v) is 3.94. The third kappa shape index (κ3) is 2.10. The molecule has 1 unspecified atom stereocenters. The van der Waals surface area contributed by atoms with Crippen LogP contribution in [0.25, 0.3) is 0 Å². The zero-order valence-corrected chi connectivity index (χ0v) is 10.6. The fraction of sp³-hybridized carbons (Fsp3) is 0.462. The molecule has 1 aromatic rings. The molecule has 1 amide bonds. The highest BCUT2D eigenvalue weighted by molar-refractivity contribution is 6.31. The number of hydrogen-bond acceptors (Lipinski definition) is 2. The number of carbonyl (C=O) groups is 1. The van der Waals surface area contributed by atoms with Crippen molar-refractivity contribution in [2.75, 3.05) is 13.1 Å². The fourth-order valence-electron chi connectivity index (χ4n) is 2.41. The minimum Gasteiger partial charge on any atom is -0.337 e. The SMILES string of the molecule is O=C1CNC(c2cccc(F)c2Cl)CN1C1CC1. The lowest BCUT2D eigenvalue weighted by molar-refractivity contribution is -0.133. The van der Waals surface area contributed by atoms with Crippen LogP contribution in [0.1, 0.15) is 24.4 Å². The van der Waals surface area contributed by atoms with Crippen molar-refractivity contribution in [2.24, 2.45) is 0 Å². The second kappa shape index (κ2) is 4.52. The average molecular weight is 269 g/mol. The number of carbonyl (C=O) groups excluding carboxylic acids is 1. The maximum atomic E-state index is 13.4. The molecule has 1 saturated heterocycles. The number of nitrogens with zero attached hydrogens (tertiary/aromatic N) is 1. The number of piperazine rings is 1. The van der Waals surface area contributed by atoms with E-state index in [1.807, 2.05) is 11.0 Å². The molecule has 1 aromatic carbocycles. The van der Waals surface area contributed by atoms with Crippen LogP contribution in [-0.2, 0) is 4.79 Å². The van der Waals surface area contributed by atoms with Gasteiger partial charge in [0.25, 0.3) is 0 Å². The number of benzene rings is 1. The van der Waals surface area contributed by atoms with Crippen molar-refractivity contribution >= 4 is 17.5 Å². The van der Waals surface area contributed by atoms with Gasteiger partial charge in [-0.05, 0) is 24.5 Å². The van der Waals surface area contributed by atoms with Crippen molar-refractivity contribution < 1.29 is 9.18 Å². The van der Waals surface area contributed by atoms with E-state index in [9.17, 15) is 9.18 Å². The summed E-state index contributed by atoms with van der Waals surface area (Å²) in [5.41, 5.74) is 0.731. The van der Waals surface area contributed by atoms with E-state index >= 15 is 0 Å². The zero-order valence-electron chi connectivity index (χ0n) is 9.83. The Morgan fingerprint density at radius 3 is 2.89 bits per heavy atom. The molecule has 0 spiro atoms. The first-order valence-electron chi connectivity index (χ1n) is 6.13. The smallest absolute Gasteiger partial charge is 0.236 e. The molecule has 1 saturated carbocycles. The highest BCUT2D eigenvalue weighted by atomic mass is 35.5. The van der Waals surface area contributed by atoms with Crippen LogP contribution in [-0.4, -0.2) is 29.9 Å². The van der Waals surface area contributed by atoms with Crippen LogP contribution in [0.3, 0.4) is 0 Å². The van der Waals surface area contributed by atoms with E-state index in [-0.39, 0.29) is 17.0 Å². The molecule has 3 rings (SSSR count). The van der Waals surface area contributed by atoms with E-state index in [0.717, 1.165) is 18.4 Å². The van der Waals surface area contributed by atoms with Gasteiger partial charge in [0, 0.05) is 12.6 Å². The summed E-state index contributed by atoms with van der Waals surface area (Å²) in [7, 11) is 0. The highest BCUT2D eigenvalue weighted by Crippen LogP contribution is 2.33. The van der Waals surface area contributed by atoms with Gasteiger partial charge in [-0.15, -0.1) is 0 Å². The second-order valence-corrected chi connectivity index (χ2v) is 5.23. The van der Waals surface area contributed by atoms with E-state index in [1.165, 1.54) is 6.07 Å². The second-order valence-electron chi connectivity index (χ2n) is 4.85. The van der Waals surface area contributed by atoms with E-state index in [2.05, 4.69) is 5.32 Å². The predicted octanol–water partition coefficient (Wildman–Crippen LogP) is 2.11. The highest BCUT2D eigenvalue weighted by Gasteiger charge is 2.37. The van der Waals surface area contributed by atoms with E-state index in [4.69, 9.17) is 11.6 Å². The van der Waals surface area contributed by atoms with Crippen LogP contribution < -0.4 is 5.32 Å². The van der Waals surface area contributed by atoms with Gasteiger partial charge in [-0.2, -0.15) is 0 Å². The van der Waals surface area contributed by atoms with Crippen molar-refractivity contribution in [3.63, 3.8) is 0 Å². The molecule has 1 aliphatic carbocycles. The van der Waals surface area contributed by atoms with Gasteiger partial charge in [0.2, 0.25) is 5.91 Å². The number of halogens is 2. The molecule has 1 atom stereocenters. The Labute approximate surface area is 110 Å². The molecule has 2 fully saturated rings. The first-order valence-corrected chi connectivity index (χ1v) is 6.51. The Bertz CT molecular complexity index is 490. The Morgan fingerprint density at radius 2 is 2.17 bits per heavy atom. The number of nitrogens with one attached hydrogen (secondary N) is 1. The molecule has 3 nitrogen and oxygen atoms in total. The fourth-order valence-corrected chi connectivity index (χ4v) is 2.67. The van der Waals surface area contributed by atoms with Crippen molar-refractivity contribution in [1.29, 1.82) is 0 Å². The number of hydrogen-bond donors (Lipinski definition) is 1. The van der Waals surface area contributed by atoms with Crippen molar-refractivity contribution in [1.82, 2.24) is 10.2 Å². The average Bonchev–Trinajstić information content (AvgIpc) is 3.18. The van der Waals surface area contributed by atoms with E-state index in [0.29, 0.717) is 19.1 Å². The molecule has 0 radical (unpaired) electrons. The van der Waals surface area contributed by atoms with Gasteiger partial charge in [-0.1, -0.05) is 23.7 Å². The quantitative estimate of drug-likeness (QED) is 0.891. The molecule has 1 aliphatic heterocycles. The normalized spacial score (nSPS) is 24.4. The van der Waals surface area contributed by atoms with E-state index in [1.54, 1.807) is 6.07 Å². The Morgan fingerprint density at radius 1 is 1.39 bits per heavy atom. The maximum absolute atomic E-state index is 13.4. The number of amides is 1. The Hall–Kier alpha value is -1.13. The third-order valence-electron chi connectivity index (χ3n) is 3.54. The lowest BCUT2D eigenvalue weighted by atomic mass is 10.0. The minimum absolute atomic E-state index is 0.0773. The monoisotopic (exact) mass is 268 g/mol. The topological polar surface area (TPSA) is 32.3 Å². The summed E-state index contributed by atoms with van der Waals surface area (Å²) in [6.07, 6.45) is 2.16. The van der Waals surface area contributed by atoms with Crippen LogP contribution in [0.15, 0.2) is 18.2 Å². The van der Waals surface area contributed by atoms with Gasteiger partial charge in [0.15, 0.2) is 0 Å². The largest absolute Gasteiger partial charge is 0.337 e. The predicted molar refractivity (Wildman–Crippen MR) is 66.9 cm³/mol. The first-order chi connectivity index (χ1) is 8.66. The molecule has 1 N–H and O–H groups in total. The molecule has 0 aromatic heterocycles. The molecule has 2 aliphatic rings. The molecular weight excluding hydrogens is 255 g/mol. The maximum Gasteiger partial charge on any atom is 0.236 e.